The molecule has 0 aromatic heterocycles. The molecule has 4 rings (SSSR count). The van der Waals surface area contributed by atoms with Crippen LogP contribution in [0, 0.1) is 27.7 Å². The smallest absolute Gasteiger partial charge is 0.343 e. The highest BCUT2D eigenvalue weighted by Crippen LogP contribution is 2.29. The Labute approximate surface area is 217 Å². The third kappa shape index (κ3) is 6.07. The molecule has 0 heterocycles. The Bertz CT molecular complexity index is 1390. The van der Waals surface area contributed by atoms with Crippen LogP contribution in [0.2, 0.25) is 0 Å². The molecule has 5 heteroatoms. The van der Waals surface area contributed by atoms with Crippen molar-refractivity contribution in [2.24, 2.45) is 0 Å². The molecule has 0 amide bonds. The zero-order valence-electron chi connectivity index (χ0n) is 21.8. The molecule has 0 fully saturated rings. The van der Waals surface area contributed by atoms with Crippen LogP contribution in [0.15, 0.2) is 78.9 Å². The highest BCUT2D eigenvalue weighted by Gasteiger charge is 2.16. The van der Waals surface area contributed by atoms with Gasteiger partial charge in [0.25, 0.3) is 0 Å². The molecule has 0 aliphatic rings. The van der Waals surface area contributed by atoms with Crippen molar-refractivity contribution in [1.29, 1.82) is 0 Å². The summed E-state index contributed by atoms with van der Waals surface area (Å²) in [5.74, 6) is 0.949. The zero-order chi connectivity index (χ0) is 26.5. The number of para-hydroxylation sites is 1. The molecule has 0 aliphatic heterocycles. The molecular formula is C32H30O5. The van der Waals surface area contributed by atoms with E-state index in [-0.39, 0.29) is 0 Å². The quantitative estimate of drug-likeness (QED) is 0.205. The summed E-state index contributed by atoms with van der Waals surface area (Å²) < 4.78 is 16.6. The van der Waals surface area contributed by atoms with Gasteiger partial charge < -0.3 is 14.2 Å². The maximum absolute atomic E-state index is 12.9. The normalized spacial score (nSPS) is 10.6. The van der Waals surface area contributed by atoms with Gasteiger partial charge >= 0.3 is 11.9 Å². The standard InChI is InChI=1S/C32H30O5/c1-20-15-24(16-21(2)29(20)35-5)19-25-17-22(3)30(23(4)18-25)37-32(34)27-13-11-26(12-14-27)31(33)36-28-9-7-6-8-10-28/h6-18H,19H2,1-5H3. The summed E-state index contributed by atoms with van der Waals surface area (Å²) >= 11 is 0. The Hall–Kier alpha value is -4.38. The first kappa shape index (κ1) is 25.7. The summed E-state index contributed by atoms with van der Waals surface area (Å²) in [7, 11) is 1.69. The van der Waals surface area contributed by atoms with Gasteiger partial charge in [0.2, 0.25) is 0 Å². The number of carbonyl (C=O) groups excluding carboxylic acids is 2. The molecule has 0 aliphatic carbocycles. The summed E-state index contributed by atoms with van der Waals surface area (Å²) in [5, 5.41) is 0. The van der Waals surface area contributed by atoms with Gasteiger partial charge in [-0.05, 0) is 104 Å². The highest BCUT2D eigenvalue weighted by atomic mass is 16.5. The molecule has 37 heavy (non-hydrogen) atoms. The summed E-state index contributed by atoms with van der Waals surface area (Å²) in [6, 6.07) is 23.5. The van der Waals surface area contributed by atoms with Crippen LogP contribution in [0.1, 0.15) is 54.1 Å². The fourth-order valence-corrected chi connectivity index (χ4v) is 4.55. The maximum atomic E-state index is 12.9. The van der Waals surface area contributed by atoms with Crippen molar-refractivity contribution < 1.29 is 23.8 Å². The van der Waals surface area contributed by atoms with Gasteiger partial charge in [0, 0.05) is 0 Å². The Morgan fingerprint density at radius 3 is 1.49 bits per heavy atom. The minimum Gasteiger partial charge on any atom is -0.496 e. The van der Waals surface area contributed by atoms with Crippen LogP contribution in [0.5, 0.6) is 17.2 Å². The molecule has 0 N–H and O–H groups in total. The molecule has 4 aromatic rings. The number of esters is 2. The van der Waals surface area contributed by atoms with E-state index in [1.165, 1.54) is 5.56 Å². The van der Waals surface area contributed by atoms with Crippen LogP contribution in [0.4, 0.5) is 0 Å². The molecule has 4 aromatic carbocycles. The summed E-state index contributed by atoms with van der Waals surface area (Å²) in [6.45, 7) is 7.97. The van der Waals surface area contributed by atoms with Crippen molar-refractivity contribution in [2.45, 2.75) is 34.1 Å². The zero-order valence-corrected chi connectivity index (χ0v) is 21.8. The largest absolute Gasteiger partial charge is 0.496 e. The number of aryl methyl sites for hydroxylation is 4. The average Bonchev–Trinajstić information content (AvgIpc) is 2.86. The SMILES string of the molecule is COc1c(C)cc(Cc2cc(C)c(OC(=O)c3ccc(C(=O)Oc4ccccc4)cc3)c(C)c2)cc1C. The molecular weight excluding hydrogens is 464 g/mol. The van der Waals surface area contributed by atoms with Crippen molar-refractivity contribution in [3.05, 3.63) is 123 Å². The van der Waals surface area contributed by atoms with E-state index in [0.717, 1.165) is 40.0 Å². The number of carbonyl (C=O) groups is 2. The Morgan fingerprint density at radius 1 is 0.595 bits per heavy atom. The number of benzene rings is 4. The molecule has 0 saturated carbocycles. The first-order valence-electron chi connectivity index (χ1n) is 12.1. The van der Waals surface area contributed by atoms with Crippen LogP contribution >= 0.6 is 0 Å². The number of rotatable bonds is 7. The lowest BCUT2D eigenvalue weighted by molar-refractivity contribution is 0.0719. The van der Waals surface area contributed by atoms with Crippen molar-refractivity contribution >= 4 is 11.9 Å². The summed E-state index contributed by atoms with van der Waals surface area (Å²) in [6.07, 6.45) is 0.766. The lowest BCUT2D eigenvalue weighted by Crippen LogP contribution is -2.12. The van der Waals surface area contributed by atoms with E-state index in [4.69, 9.17) is 14.2 Å². The minimum atomic E-state index is -0.490. The molecule has 188 valence electrons. The number of methoxy groups -OCH3 is 1. The molecule has 0 radical (unpaired) electrons. The van der Waals surface area contributed by atoms with Crippen LogP contribution in [0.25, 0.3) is 0 Å². The predicted molar refractivity (Wildman–Crippen MR) is 144 cm³/mol. The molecule has 0 unspecified atom stereocenters. The third-order valence-corrected chi connectivity index (χ3v) is 6.16. The van der Waals surface area contributed by atoms with Crippen molar-refractivity contribution in [3.8, 4) is 17.2 Å². The minimum absolute atomic E-state index is 0.348. The van der Waals surface area contributed by atoms with Crippen LogP contribution in [-0.4, -0.2) is 19.0 Å². The summed E-state index contributed by atoms with van der Waals surface area (Å²) in [5.41, 5.74) is 7.02. The van der Waals surface area contributed by atoms with Crippen LogP contribution < -0.4 is 14.2 Å². The van der Waals surface area contributed by atoms with Crippen molar-refractivity contribution in [1.82, 2.24) is 0 Å². The lowest BCUT2D eigenvalue weighted by Gasteiger charge is -2.15. The van der Waals surface area contributed by atoms with Gasteiger partial charge in [-0.2, -0.15) is 0 Å². The average molecular weight is 495 g/mol. The fraction of sp³-hybridized carbons (Fsp3) is 0.188. The van der Waals surface area contributed by atoms with Crippen LogP contribution in [-0.2, 0) is 6.42 Å². The Morgan fingerprint density at radius 2 is 1.03 bits per heavy atom. The first-order valence-corrected chi connectivity index (χ1v) is 12.1. The highest BCUT2D eigenvalue weighted by molar-refractivity contribution is 5.95. The van der Waals surface area contributed by atoms with Gasteiger partial charge in [0.1, 0.15) is 17.2 Å². The van der Waals surface area contributed by atoms with E-state index >= 15 is 0 Å². The van der Waals surface area contributed by atoms with Gasteiger partial charge in [0.15, 0.2) is 0 Å². The predicted octanol–water partition coefficient (Wildman–Crippen LogP) is 6.96. The maximum Gasteiger partial charge on any atom is 0.343 e. The van der Waals surface area contributed by atoms with E-state index < -0.39 is 11.9 Å². The third-order valence-electron chi connectivity index (χ3n) is 6.16. The van der Waals surface area contributed by atoms with Gasteiger partial charge in [0.05, 0.1) is 18.2 Å². The molecule has 0 saturated heterocycles. The van der Waals surface area contributed by atoms with Crippen molar-refractivity contribution in [2.75, 3.05) is 7.11 Å². The van der Waals surface area contributed by atoms with E-state index in [1.54, 1.807) is 55.6 Å². The van der Waals surface area contributed by atoms with Gasteiger partial charge in [-0.15, -0.1) is 0 Å². The number of hydrogen-bond acceptors (Lipinski definition) is 5. The van der Waals surface area contributed by atoms with Gasteiger partial charge in [-0.1, -0.05) is 42.5 Å². The monoisotopic (exact) mass is 494 g/mol. The molecule has 0 spiro atoms. The first-order chi connectivity index (χ1) is 17.7. The second-order valence-corrected chi connectivity index (χ2v) is 9.17. The second kappa shape index (κ2) is 11.1. The summed E-state index contributed by atoms with van der Waals surface area (Å²) in [4.78, 5) is 25.2. The van der Waals surface area contributed by atoms with E-state index in [9.17, 15) is 9.59 Å². The molecule has 0 atom stereocenters. The number of ether oxygens (including phenoxy) is 3. The van der Waals surface area contributed by atoms with Crippen LogP contribution in [0.3, 0.4) is 0 Å². The van der Waals surface area contributed by atoms with E-state index in [1.807, 2.05) is 45.9 Å². The van der Waals surface area contributed by atoms with Gasteiger partial charge in [-0.3, -0.25) is 0 Å². The molecule has 0 bridgehead atoms. The van der Waals surface area contributed by atoms with E-state index in [2.05, 4.69) is 12.1 Å². The topological polar surface area (TPSA) is 61.8 Å². The lowest BCUT2D eigenvalue weighted by atomic mass is 9.97. The molecule has 5 nitrogen and oxygen atoms in total. The fourth-order valence-electron chi connectivity index (χ4n) is 4.55. The van der Waals surface area contributed by atoms with Crippen molar-refractivity contribution in [3.63, 3.8) is 0 Å². The van der Waals surface area contributed by atoms with E-state index in [0.29, 0.717) is 22.6 Å². The Balaban J connectivity index is 1.45. The van der Waals surface area contributed by atoms with Gasteiger partial charge in [-0.25, -0.2) is 9.59 Å². The second-order valence-electron chi connectivity index (χ2n) is 9.17. The number of hydrogen-bond donors (Lipinski definition) is 0. The Kier molecular flexibility index (Phi) is 7.73.